The van der Waals surface area contributed by atoms with Crippen molar-refractivity contribution in [1.82, 2.24) is 4.57 Å². The van der Waals surface area contributed by atoms with Crippen LogP contribution in [0.4, 0.5) is 34.1 Å². The molecule has 0 spiro atoms. The average molecular weight is 1360 g/mol. The highest BCUT2D eigenvalue weighted by Crippen LogP contribution is 2.52. The van der Waals surface area contributed by atoms with E-state index in [4.69, 9.17) is 0 Å². The standard InChI is InChI=1S/C102H84BN3/c1-99(2,3)73-47-67-31-33-69-49-75(101(7,8)9)57-84-82(53-71(51-73)94(67)96(69)84)65-39-45-86-90(55-65)104(77-41-35-63(36-42-77)61-23-15-13-16-24-61)92-59-79(106-88-29-21-19-27-80(88)81-28-20-22-30-89(81)106)60-93-98(92)103(86)87-46-40-66(56-91(87)105(93)78-43-37-64(38-44-78)62-25-17-14-18-26-62)83-54-72-52-74(100(4,5)6)48-68-32-34-70-50-76(102(10,11)12)58-85(83)97(70)95(68)72/h13-60H,1-12H3. The quantitative estimate of drug-likeness (QED) is 0.116. The summed E-state index contributed by atoms with van der Waals surface area (Å²) in [6.07, 6.45) is 0. The van der Waals surface area contributed by atoms with Crippen molar-refractivity contribution >= 4 is 144 Å². The van der Waals surface area contributed by atoms with Crippen molar-refractivity contribution in [3.05, 3.63) is 313 Å². The lowest BCUT2D eigenvalue weighted by molar-refractivity contribution is 0.591. The Kier molecular flexibility index (Phi) is 13.8. The third-order valence-corrected chi connectivity index (χ3v) is 23.7. The molecule has 0 unspecified atom stereocenters. The molecule has 106 heavy (non-hydrogen) atoms. The van der Waals surface area contributed by atoms with Crippen molar-refractivity contribution in [1.29, 1.82) is 0 Å². The van der Waals surface area contributed by atoms with Gasteiger partial charge in [-0.15, -0.1) is 0 Å². The molecule has 0 saturated heterocycles. The topological polar surface area (TPSA) is 11.4 Å². The van der Waals surface area contributed by atoms with E-state index in [9.17, 15) is 0 Å². The van der Waals surface area contributed by atoms with E-state index in [0.29, 0.717) is 0 Å². The fraction of sp³-hybridized carbons (Fsp3) is 0.157. The zero-order valence-electron chi connectivity index (χ0n) is 62.6. The van der Waals surface area contributed by atoms with E-state index in [0.717, 1.165) is 50.8 Å². The van der Waals surface area contributed by atoms with Crippen molar-refractivity contribution in [3.8, 4) is 50.2 Å². The normalized spacial score (nSPS) is 13.4. The summed E-state index contributed by atoms with van der Waals surface area (Å²) in [6.45, 7) is 28.0. The second-order valence-corrected chi connectivity index (χ2v) is 34.6. The zero-order chi connectivity index (χ0) is 72.2. The van der Waals surface area contributed by atoms with Gasteiger partial charge in [0.1, 0.15) is 0 Å². The third kappa shape index (κ3) is 9.93. The zero-order valence-corrected chi connectivity index (χ0v) is 62.6. The van der Waals surface area contributed by atoms with Crippen LogP contribution in [-0.4, -0.2) is 11.3 Å². The molecule has 20 rings (SSSR count). The summed E-state index contributed by atoms with van der Waals surface area (Å²) in [5.41, 5.74) is 28.6. The minimum Gasteiger partial charge on any atom is -0.311 e. The van der Waals surface area contributed by atoms with Crippen LogP contribution in [0.5, 0.6) is 0 Å². The number of para-hydroxylation sites is 2. The lowest BCUT2D eigenvalue weighted by Crippen LogP contribution is -2.61. The highest BCUT2D eigenvalue weighted by molar-refractivity contribution is 7.00. The van der Waals surface area contributed by atoms with E-state index in [-0.39, 0.29) is 28.4 Å². The number of benzene rings is 17. The maximum atomic E-state index is 2.64. The van der Waals surface area contributed by atoms with Crippen LogP contribution in [0.25, 0.3) is 137 Å². The summed E-state index contributed by atoms with van der Waals surface area (Å²) in [5, 5.41) is 18.1. The Bertz CT molecular complexity index is 6250. The number of fused-ring (bicyclic) bond motifs is 7. The van der Waals surface area contributed by atoms with Crippen LogP contribution in [0, 0.1) is 0 Å². The Labute approximate surface area is 622 Å². The van der Waals surface area contributed by atoms with Gasteiger partial charge in [-0.05, 0) is 254 Å². The molecule has 0 radical (unpaired) electrons. The van der Waals surface area contributed by atoms with E-state index in [1.54, 1.807) is 0 Å². The minimum atomic E-state index is -0.190. The van der Waals surface area contributed by atoms with Gasteiger partial charge in [-0.1, -0.05) is 289 Å². The molecule has 510 valence electrons. The molecule has 2 aliphatic rings. The molecule has 0 atom stereocenters. The molecule has 0 aliphatic carbocycles. The van der Waals surface area contributed by atoms with E-state index in [2.05, 4.69) is 389 Å². The van der Waals surface area contributed by atoms with Crippen molar-refractivity contribution in [2.24, 2.45) is 0 Å². The summed E-state index contributed by atoms with van der Waals surface area (Å²) >= 11 is 0. The van der Waals surface area contributed by atoms with E-state index in [1.807, 2.05) is 0 Å². The summed E-state index contributed by atoms with van der Waals surface area (Å²) in [7, 11) is 0. The second kappa shape index (κ2) is 22.9. The van der Waals surface area contributed by atoms with Crippen LogP contribution >= 0.6 is 0 Å². The minimum absolute atomic E-state index is 0.0532. The lowest BCUT2D eigenvalue weighted by atomic mass is 9.33. The summed E-state index contributed by atoms with van der Waals surface area (Å²) in [6, 6.07) is 113. The number of hydrogen-bond donors (Lipinski definition) is 0. The first-order chi connectivity index (χ1) is 51.1. The van der Waals surface area contributed by atoms with Crippen molar-refractivity contribution in [2.45, 2.75) is 105 Å². The molecule has 4 heteroatoms. The van der Waals surface area contributed by atoms with Crippen molar-refractivity contribution in [2.75, 3.05) is 9.80 Å². The Morgan fingerprint density at radius 3 is 0.953 bits per heavy atom. The number of rotatable bonds is 7. The highest BCUT2D eigenvalue weighted by Gasteiger charge is 2.45. The number of aromatic nitrogens is 1. The molecule has 1 aromatic heterocycles. The number of anilines is 6. The summed E-state index contributed by atoms with van der Waals surface area (Å²) < 4.78 is 2.54. The van der Waals surface area contributed by atoms with Crippen LogP contribution in [0.2, 0.25) is 0 Å². The molecule has 0 bridgehead atoms. The Morgan fingerprint density at radius 2 is 0.566 bits per heavy atom. The van der Waals surface area contributed by atoms with Crippen LogP contribution in [-0.2, 0) is 21.7 Å². The molecule has 17 aromatic carbocycles. The van der Waals surface area contributed by atoms with Crippen LogP contribution in [0.15, 0.2) is 291 Å². The first-order valence-electron chi connectivity index (χ1n) is 38.0. The Hall–Kier alpha value is -11.7. The molecule has 0 saturated carbocycles. The van der Waals surface area contributed by atoms with Crippen LogP contribution in [0.3, 0.4) is 0 Å². The van der Waals surface area contributed by atoms with E-state index in [1.165, 1.54) is 159 Å². The van der Waals surface area contributed by atoms with Gasteiger partial charge in [0.05, 0.1) is 16.7 Å². The third-order valence-electron chi connectivity index (χ3n) is 23.7. The van der Waals surface area contributed by atoms with Gasteiger partial charge < -0.3 is 14.4 Å². The maximum absolute atomic E-state index is 2.64. The average Bonchev–Trinajstić information content (AvgIpc) is 0.802. The van der Waals surface area contributed by atoms with Gasteiger partial charge in [0.2, 0.25) is 0 Å². The van der Waals surface area contributed by atoms with Gasteiger partial charge >= 0.3 is 0 Å². The second-order valence-electron chi connectivity index (χ2n) is 34.6. The SMILES string of the molecule is CC(C)(C)c1cc2ccc3cc(C(C)(C)C)cc4c(-c5ccc6c(c5)N(c5ccc(-c7ccccc7)cc5)c5cc(-n7c8ccccc8c8ccccc87)cc7c5B6c5ccc(-c6cc8cc(C(C)(C)C)cc9ccc%10cc(C(C)(C)C)cc6c%10c98)cc5N7c5ccc(-c6ccccc6)cc5)cc(c1)c2c34. The predicted octanol–water partition coefficient (Wildman–Crippen LogP) is 26.5. The fourth-order valence-electron chi connectivity index (χ4n) is 18.1. The lowest BCUT2D eigenvalue weighted by Gasteiger charge is -2.44. The first-order valence-corrected chi connectivity index (χ1v) is 38.0. The van der Waals surface area contributed by atoms with Crippen molar-refractivity contribution < 1.29 is 0 Å². The van der Waals surface area contributed by atoms with Gasteiger partial charge in [0.25, 0.3) is 6.71 Å². The summed E-state index contributed by atoms with van der Waals surface area (Å²) in [5.74, 6) is 0. The summed E-state index contributed by atoms with van der Waals surface area (Å²) in [4.78, 5) is 5.27. The molecule has 0 N–H and O–H groups in total. The van der Waals surface area contributed by atoms with E-state index >= 15 is 0 Å². The van der Waals surface area contributed by atoms with Gasteiger partial charge in [-0.2, -0.15) is 0 Å². The molecule has 3 heterocycles. The molecular formula is C102H84BN3. The molecule has 0 fully saturated rings. The Balaban J connectivity index is 0.914. The highest BCUT2D eigenvalue weighted by atomic mass is 15.2. The maximum Gasteiger partial charge on any atom is 0.252 e. The first kappa shape index (κ1) is 63.9. The predicted molar refractivity (Wildman–Crippen MR) is 459 cm³/mol. The van der Waals surface area contributed by atoms with Crippen molar-refractivity contribution in [3.63, 3.8) is 0 Å². The number of hydrogen-bond acceptors (Lipinski definition) is 2. The van der Waals surface area contributed by atoms with E-state index < -0.39 is 0 Å². The smallest absolute Gasteiger partial charge is 0.252 e. The molecule has 0 amide bonds. The Morgan fingerprint density at radius 1 is 0.236 bits per heavy atom. The number of nitrogens with zero attached hydrogens (tertiary/aromatic N) is 3. The monoisotopic (exact) mass is 1360 g/mol. The van der Waals surface area contributed by atoms with Gasteiger partial charge in [-0.3, -0.25) is 0 Å². The van der Waals surface area contributed by atoms with Gasteiger partial charge in [0.15, 0.2) is 0 Å². The van der Waals surface area contributed by atoms with Crippen LogP contribution < -0.4 is 26.2 Å². The molecule has 3 nitrogen and oxygen atoms in total. The van der Waals surface area contributed by atoms with Gasteiger partial charge in [0, 0.05) is 44.9 Å². The molecule has 2 aliphatic heterocycles. The molecule has 18 aromatic rings. The molecular weight excluding hydrogens is 1280 g/mol. The largest absolute Gasteiger partial charge is 0.311 e. The van der Waals surface area contributed by atoms with Crippen LogP contribution in [0.1, 0.15) is 105 Å². The van der Waals surface area contributed by atoms with Gasteiger partial charge in [-0.25, -0.2) is 0 Å². The fourth-order valence-corrected chi connectivity index (χ4v) is 18.1.